The monoisotopic (exact) mass is 453 g/mol. The summed E-state index contributed by atoms with van der Waals surface area (Å²) >= 11 is 5.94. The van der Waals surface area contributed by atoms with Gasteiger partial charge in [0, 0.05) is 11.4 Å². The molecule has 2 fully saturated rings. The average Bonchev–Trinajstić information content (AvgIpc) is 3.47. The Morgan fingerprint density at radius 2 is 2.03 bits per heavy atom. The van der Waals surface area contributed by atoms with E-state index in [1.54, 1.807) is 34.7 Å². The number of halogens is 1. The highest BCUT2D eigenvalue weighted by molar-refractivity contribution is 6.29. The smallest absolute Gasteiger partial charge is 0.248 e. The Hall–Kier alpha value is -2.97. The van der Waals surface area contributed by atoms with Crippen molar-refractivity contribution in [2.45, 2.75) is 50.9 Å². The van der Waals surface area contributed by atoms with Crippen LogP contribution >= 0.6 is 11.6 Å². The Balaban J connectivity index is 1.40. The molecular formula is C23H24ClN5O3. The number of likely N-dealkylation sites (tertiary alicyclic amines) is 1. The van der Waals surface area contributed by atoms with Gasteiger partial charge < -0.3 is 15.3 Å². The molecule has 0 radical (unpaired) electrons. The summed E-state index contributed by atoms with van der Waals surface area (Å²) < 4.78 is 1.62. The van der Waals surface area contributed by atoms with Crippen LogP contribution in [-0.2, 0) is 16.1 Å². The third kappa shape index (κ3) is 3.63. The average molecular weight is 454 g/mol. The van der Waals surface area contributed by atoms with Crippen LogP contribution in [0.25, 0.3) is 10.9 Å². The maximum absolute atomic E-state index is 13.4. The van der Waals surface area contributed by atoms with Gasteiger partial charge in [-0.05, 0) is 50.3 Å². The van der Waals surface area contributed by atoms with Gasteiger partial charge in [0.1, 0.15) is 23.6 Å². The van der Waals surface area contributed by atoms with E-state index in [1.807, 2.05) is 24.3 Å². The highest BCUT2D eigenvalue weighted by atomic mass is 35.5. The van der Waals surface area contributed by atoms with Gasteiger partial charge in [-0.1, -0.05) is 35.9 Å². The van der Waals surface area contributed by atoms with Crippen LogP contribution in [0.2, 0.25) is 5.15 Å². The fourth-order valence-electron chi connectivity index (χ4n) is 5.15. The van der Waals surface area contributed by atoms with Gasteiger partial charge in [0.05, 0.1) is 17.3 Å². The van der Waals surface area contributed by atoms with E-state index in [2.05, 4.69) is 15.4 Å². The standard InChI is InChI=1S/C23H24ClN5O3/c1-13(30)21-16-5-2-3-6-17(16)28(27-21)12-20(31)29-15-10-9-14(11-15)22(29)23(32)26-19-8-4-7-18(24)25-19/h2-8,13-15,22,30H,9-12H2,1H3,(H,25,26,32). The number of para-hydroxylation sites is 1. The number of aliphatic hydroxyl groups is 1. The number of fused-ring (bicyclic) bond motifs is 3. The molecule has 4 unspecified atom stereocenters. The van der Waals surface area contributed by atoms with E-state index in [4.69, 9.17) is 11.6 Å². The molecule has 8 nitrogen and oxygen atoms in total. The second-order valence-electron chi connectivity index (χ2n) is 8.54. The van der Waals surface area contributed by atoms with Gasteiger partial charge in [-0.3, -0.25) is 14.3 Å². The number of rotatable bonds is 5. The fraction of sp³-hybridized carbons (Fsp3) is 0.391. The Morgan fingerprint density at radius 1 is 1.22 bits per heavy atom. The largest absolute Gasteiger partial charge is 0.387 e. The van der Waals surface area contributed by atoms with Crippen molar-refractivity contribution < 1.29 is 14.7 Å². The van der Waals surface area contributed by atoms with Crippen molar-refractivity contribution in [2.24, 2.45) is 5.92 Å². The molecule has 1 saturated heterocycles. The first kappa shape index (κ1) is 20.9. The third-order valence-electron chi connectivity index (χ3n) is 6.48. The molecule has 3 aromatic rings. The van der Waals surface area contributed by atoms with E-state index in [-0.39, 0.29) is 30.3 Å². The Bertz CT molecular complexity index is 1190. The first-order chi connectivity index (χ1) is 15.4. The number of benzene rings is 1. The molecule has 3 heterocycles. The molecule has 5 rings (SSSR count). The van der Waals surface area contributed by atoms with Gasteiger partial charge in [-0.15, -0.1) is 0 Å². The Kier molecular flexibility index (Phi) is 5.35. The molecule has 2 bridgehead atoms. The lowest BCUT2D eigenvalue weighted by Gasteiger charge is -2.34. The number of carbonyl (C=O) groups is 2. The van der Waals surface area contributed by atoms with E-state index in [0.717, 1.165) is 30.2 Å². The number of nitrogens with zero attached hydrogens (tertiary/aromatic N) is 4. The van der Waals surface area contributed by atoms with Crippen molar-refractivity contribution in [1.82, 2.24) is 19.7 Å². The van der Waals surface area contributed by atoms with Crippen LogP contribution in [0.5, 0.6) is 0 Å². The number of carbonyl (C=O) groups excluding carboxylic acids is 2. The summed E-state index contributed by atoms with van der Waals surface area (Å²) in [6.45, 7) is 1.67. The maximum Gasteiger partial charge on any atom is 0.248 e. The number of pyridine rings is 1. The molecule has 166 valence electrons. The zero-order chi connectivity index (χ0) is 22.4. The number of aliphatic hydroxyl groups excluding tert-OH is 1. The molecule has 2 amide bonds. The number of hydrogen-bond acceptors (Lipinski definition) is 5. The van der Waals surface area contributed by atoms with Crippen molar-refractivity contribution in [3.63, 3.8) is 0 Å². The molecule has 0 spiro atoms. The van der Waals surface area contributed by atoms with E-state index in [0.29, 0.717) is 16.7 Å². The minimum absolute atomic E-state index is 0.00957. The van der Waals surface area contributed by atoms with E-state index in [1.165, 1.54) is 0 Å². The molecule has 1 aromatic carbocycles. The van der Waals surface area contributed by atoms with Crippen molar-refractivity contribution in [2.75, 3.05) is 5.32 Å². The summed E-state index contributed by atoms with van der Waals surface area (Å²) in [5.41, 5.74) is 1.32. The summed E-state index contributed by atoms with van der Waals surface area (Å²) in [6.07, 6.45) is 1.90. The summed E-state index contributed by atoms with van der Waals surface area (Å²) in [6, 6.07) is 12.1. The zero-order valence-corrected chi connectivity index (χ0v) is 18.4. The second kappa shape index (κ2) is 8.18. The lowest BCUT2D eigenvalue weighted by molar-refractivity contribution is -0.141. The van der Waals surface area contributed by atoms with Gasteiger partial charge in [0.25, 0.3) is 0 Å². The third-order valence-corrected chi connectivity index (χ3v) is 6.69. The molecule has 1 aliphatic carbocycles. The van der Waals surface area contributed by atoms with Crippen LogP contribution < -0.4 is 5.32 Å². The second-order valence-corrected chi connectivity index (χ2v) is 8.93. The number of piperidine rings is 1. The first-order valence-corrected chi connectivity index (χ1v) is 11.2. The molecule has 32 heavy (non-hydrogen) atoms. The molecule has 2 aliphatic rings. The number of amides is 2. The summed E-state index contributed by atoms with van der Waals surface area (Å²) in [5.74, 6) is 0.111. The maximum atomic E-state index is 13.4. The lowest BCUT2D eigenvalue weighted by atomic mass is 9.97. The SMILES string of the molecule is CC(O)c1nn(CC(=O)N2C3CCC(C3)C2C(=O)Nc2cccc(Cl)n2)c2ccccc12. The van der Waals surface area contributed by atoms with Crippen molar-refractivity contribution in [3.8, 4) is 0 Å². The van der Waals surface area contributed by atoms with Crippen molar-refractivity contribution in [3.05, 3.63) is 53.3 Å². The van der Waals surface area contributed by atoms with E-state index < -0.39 is 12.1 Å². The van der Waals surface area contributed by atoms with Gasteiger partial charge in [0.15, 0.2) is 0 Å². The van der Waals surface area contributed by atoms with Crippen LogP contribution in [0.4, 0.5) is 5.82 Å². The van der Waals surface area contributed by atoms with Gasteiger partial charge >= 0.3 is 0 Å². The molecule has 4 atom stereocenters. The quantitative estimate of drug-likeness (QED) is 0.578. The molecule has 1 saturated carbocycles. The normalized spacial score (nSPS) is 23.0. The highest BCUT2D eigenvalue weighted by Gasteiger charge is 2.51. The summed E-state index contributed by atoms with van der Waals surface area (Å²) in [4.78, 5) is 32.4. The predicted octanol–water partition coefficient (Wildman–Crippen LogP) is 3.16. The minimum Gasteiger partial charge on any atom is -0.387 e. The van der Waals surface area contributed by atoms with Crippen LogP contribution in [0.15, 0.2) is 42.5 Å². The lowest BCUT2D eigenvalue weighted by Crippen LogP contribution is -2.52. The van der Waals surface area contributed by atoms with Gasteiger partial charge in [-0.2, -0.15) is 5.10 Å². The van der Waals surface area contributed by atoms with Crippen LogP contribution in [0, 0.1) is 5.92 Å². The van der Waals surface area contributed by atoms with Gasteiger partial charge in [-0.25, -0.2) is 4.98 Å². The predicted molar refractivity (Wildman–Crippen MR) is 120 cm³/mol. The molecule has 9 heteroatoms. The molecule has 1 aliphatic heterocycles. The van der Waals surface area contributed by atoms with Crippen LogP contribution in [-0.4, -0.2) is 48.7 Å². The number of aromatic nitrogens is 3. The first-order valence-electron chi connectivity index (χ1n) is 10.8. The van der Waals surface area contributed by atoms with Crippen molar-refractivity contribution in [1.29, 1.82) is 0 Å². The van der Waals surface area contributed by atoms with E-state index in [9.17, 15) is 14.7 Å². The fourth-order valence-corrected chi connectivity index (χ4v) is 5.32. The molecule has 2 aromatic heterocycles. The van der Waals surface area contributed by atoms with E-state index >= 15 is 0 Å². The van der Waals surface area contributed by atoms with Gasteiger partial charge in [0.2, 0.25) is 11.8 Å². The number of anilines is 1. The summed E-state index contributed by atoms with van der Waals surface area (Å²) in [5, 5.41) is 18.5. The van der Waals surface area contributed by atoms with Crippen molar-refractivity contribution >= 4 is 40.1 Å². The molecule has 2 N–H and O–H groups in total. The highest BCUT2D eigenvalue weighted by Crippen LogP contribution is 2.43. The topological polar surface area (TPSA) is 100 Å². The minimum atomic E-state index is -0.747. The zero-order valence-electron chi connectivity index (χ0n) is 17.6. The van der Waals surface area contributed by atoms with Crippen LogP contribution in [0.3, 0.4) is 0 Å². The molecular weight excluding hydrogens is 430 g/mol. The summed E-state index contributed by atoms with van der Waals surface area (Å²) in [7, 11) is 0. The van der Waals surface area contributed by atoms with Crippen LogP contribution in [0.1, 0.15) is 38.0 Å². The Labute approximate surface area is 190 Å². The number of nitrogens with one attached hydrogen (secondary N) is 1. The number of hydrogen-bond donors (Lipinski definition) is 2. The Morgan fingerprint density at radius 3 is 2.81 bits per heavy atom.